The first kappa shape index (κ1) is 43.6. The van der Waals surface area contributed by atoms with Gasteiger partial charge in [0.05, 0.1) is 18.2 Å². The Morgan fingerprint density at radius 3 is 2.25 bits per heavy atom. The summed E-state index contributed by atoms with van der Waals surface area (Å²) in [7, 11) is 0. The summed E-state index contributed by atoms with van der Waals surface area (Å²) in [6, 6.07) is -4.52. The maximum absolute atomic E-state index is 14.6. The van der Waals surface area contributed by atoms with Crippen LogP contribution in [0.5, 0.6) is 0 Å². The molecule has 3 saturated heterocycles. The zero-order valence-corrected chi connectivity index (χ0v) is 33.2. The highest BCUT2D eigenvalue weighted by molar-refractivity contribution is 6.38. The van der Waals surface area contributed by atoms with Gasteiger partial charge in [-0.25, -0.2) is 4.79 Å². The summed E-state index contributed by atoms with van der Waals surface area (Å²) in [5.41, 5.74) is -1.01. The van der Waals surface area contributed by atoms with Crippen LogP contribution in [0.4, 0.5) is 4.79 Å². The number of ketones is 1. The first-order chi connectivity index (χ1) is 24.7. The summed E-state index contributed by atoms with van der Waals surface area (Å²) >= 11 is 0. The number of amides is 7. The highest BCUT2D eigenvalue weighted by Crippen LogP contribution is 2.33. The minimum atomic E-state index is -1.19. The summed E-state index contributed by atoms with van der Waals surface area (Å²) < 4.78 is 6.14. The summed E-state index contributed by atoms with van der Waals surface area (Å²) in [5, 5.41) is 11.1. The molecule has 0 spiro atoms. The monoisotopic (exact) mass is 744 g/mol. The first-order valence-electron chi connectivity index (χ1n) is 19.3. The number of carbonyl (C=O) groups is 7. The Kier molecular flexibility index (Phi) is 15.6. The second kappa shape index (κ2) is 19.0. The van der Waals surface area contributed by atoms with E-state index in [9.17, 15) is 33.6 Å². The van der Waals surface area contributed by atoms with Crippen molar-refractivity contribution >= 4 is 41.4 Å². The number of hydrogen-bond acceptors (Lipinski definition) is 8. The third-order valence-electron chi connectivity index (χ3n) is 10.7. The third-order valence-corrected chi connectivity index (χ3v) is 10.7. The fourth-order valence-electron chi connectivity index (χ4n) is 7.17. The Labute approximate surface area is 315 Å². The number of piperidine rings is 1. The lowest BCUT2D eigenvalue weighted by Crippen LogP contribution is -2.62. The average Bonchev–Trinajstić information content (AvgIpc) is 3.52. The third kappa shape index (κ3) is 12.4. The molecule has 14 heteroatoms. The maximum Gasteiger partial charge on any atom is 0.315 e. The Balaban J connectivity index is 1.90. The lowest BCUT2D eigenvalue weighted by Gasteiger charge is -2.40. The predicted molar refractivity (Wildman–Crippen MR) is 200 cm³/mol. The molecule has 3 aliphatic heterocycles. The molecule has 0 bridgehead atoms. The number of likely N-dealkylation sites (tertiary alicyclic amines) is 1. The maximum atomic E-state index is 14.6. The summed E-state index contributed by atoms with van der Waals surface area (Å²) in [6.45, 7) is 19.4. The number of carbonyl (C=O) groups excluding carboxylic acids is 7. The zero-order chi connectivity index (χ0) is 39.7. The average molecular weight is 745 g/mol. The van der Waals surface area contributed by atoms with E-state index < -0.39 is 70.6 Å². The van der Waals surface area contributed by atoms with E-state index in [4.69, 9.17) is 4.74 Å². The van der Waals surface area contributed by atoms with Gasteiger partial charge in [-0.3, -0.25) is 33.7 Å². The highest BCUT2D eigenvalue weighted by atomic mass is 16.5. The molecule has 3 rings (SSSR count). The minimum Gasteiger partial charge on any atom is -0.376 e. The number of urea groups is 1. The van der Waals surface area contributed by atoms with Gasteiger partial charge in [0.25, 0.3) is 5.91 Å². The fourth-order valence-corrected chi connectivity index (χ4v) is 7.17. The van der Waals surface area contributed by atoms with Crippen molar-refractivity contribution < 1.29 is 38.3 Å². The largest absolute Gasteiger partial charge is 0.376 e. The second-order valence-corrected chi connectivity index (χ2v) is 17.2. The van der Waals surface area contributed by atoms with Gasteiger partial charge < -0.3 is 30.9 Å². The van der Waals surface area contributed by atoms with Crippen LogP contribution >= 0.6 is 0 Å². The minimum absolute atomic E-state index is 0.0225. The van der Waals surface area contributed by atoms with Crippen LogP contribution < -0.4 is 21.3 Å². The van der Waals surface area contributed by atoms with Gasteiger partial charge in [-0.2, -0.15) is 0 Å². The topological polar surface area (TPSA) is 183 Å². The number of Topliss-reactive ketones (excluding diaryl/α,β-unsaturated/α-hetero) is 1. The molecule has 0 aromatic rings. The van der Waals surface area contributed by atoms with Gasteiger partial charge >= 0.3 is 6.03 Å². The molecule has 0 aliphatic carbocycles. The standard InChI is InChI=1S/C39H64N6O8/c1-10-17-40-35(50)33(48)27-16-14-12-11-13-15-18-53-25(4)32(36(51)44-22-26(24(2)3)19-28(44)34(49)41-27)43-37(52)42-29(38(5,6)7)23-45-30(46)20-39(8,9)21-31(45)47/h10,24-29,32H,1,11-23H2,2-9H3,(H,40,50)(H,41,49)(H2,42,43,52)/t25-,26+,27-,28-,29+,32-/m0/s1. The molecular weight excluding hydrogens is 680 g/mol. The molecule has 3 fully saturated rings. The molecule has 3 heterocycles. The molecule has 3 aliphatic rings. The van der Waals surface area contributed by atoms with Crippen molar-refractivity contribution in [2.24, 2.45) is 22.7 Å². The van der Waals surface area contributed by atoms with Crippen molar-refractivity contribution in [3.8, 4) is 0 Å². The second-order valence-electron chi connectivity index (χ2n) is 17.2. The molecule has 7 amide bonds. The normalized spacial score (nSPS) is 27.1. The lowest BCUT2D eigenvalue weighted by molar-refractivity contribution is -0.153. The number of nitrogens with zero attached hydrogens (tertiary/aromatic N) is 2. The van der Waals surface area contributed by atoms with Crippen molar-refractivity contribution in [1.82, 2.24) is 31.1 Å². The quantitative estimate of drug-likeness (QED) is 0.158. The Hall–Kier alpha value is -3.81. The van der Waals surface area contributed by atoms with Crippen LogP contribution in [0.3, 0.4) is 0 Å². The van der Waals surface area contributed by atoms with E-state index in [-0.39, 0.29) is 62.5 Å². The van der Waals surface area contributed by atoms with Crippen LogP contribution in [0.2, 0.25) is 0 Å². The molecule has 0 saturated carbocycles. The van der Waals surface area contributed by atoms with Crippen molar-refractivity contribution in [3.05, 3.63) is 12.7 Å². The van der Waals surface area contributed by atoms with E-state index in [1.807, 2.05) is 48.5 Å². The van der Waals surface area contributed by atoms with E-state index >= 15 is 0 Å². The SMILES string of the molecule is C=CCNC(=O)C(=O)[C@@H]1CCCCCCCO[C@@H](C)[C@H](NC(=O)N[C@H](CN2C(=O)CC(C)(C)CC2=O)C(C)(C)C)C(=O)N2C[C@H](C(C)C)C[C@H]2C(=O)N1. The molecule has 298 valence electrons. The van der Waals surface area contributed by atoms with Crippen molar-refractivity contribution in [2.75, 3.05) is 26.2 Å². The zero-order valence-electron chi connectivity index (χ0n) is 33.2. The molecule has 0 radical (unpaired) electrons. The van der Waals surface area contributed by atoms with E-state index in [1.54, 1.807) is 6.92 Å². The fraction of sp³-hybridized carbons (Fsp3) is 0.769. The molecule has 6 atom stereocenters. The summed E-state index contributed by atoms with van der Waals surface area (Å²) in [4.78, 5) is 97.0. The molecule has 4 N–H and O–H groups in total. The Morgan fingerprint density at radius 2 is 1.64 bits per heavy atom. The number of fused-ring (bicyclic) bond motifs is 1. The molecule has 0 aromatic heterocycles. The Morgan fingerprint density at radius 1 is 1.02 bits per heavy atom. The van der Waals surface area contributed by atoms with Crippen molar-refractivity contribution in [3.63, 3.8) is 0 Å². The van der Waals surface area contributed by atoms with Crippen LogP contribution in [0.15, 0.2) is 12.7 Å². The van der Waals surface area contributed by atoms with Crippen molar-refractivity contribution in [2.45, 2.75) is 143 Å². The van der Waals surface area contributed by atoms with Crippen LogP contribution in [0.25, 0.3) is 0 Å². The number of ether oxygens (including phenoxy) is 1. The summed E-state index contributed by atoms with van der Waals surface area (Å²) in [5.74, 6) is -3.10. The molecule has 0 aromatic carbocycles. The molecule has 53 heavy (non-hydrogen) atoms. The van der Waals surface area contributed by atoms with Crippen LogP contribution in [0.1, 0.15) is 113 Å². The van der Waals surface area contributed by atoms with Crippen molar-refractivity contribution in [1.29, 1.82) is 0 Å². The van der Waals surface area contributed by atoms with Crippen LogP contribution in [-0.4, -0.2) is 108 Å². The summed E-state index contributed by atoms with van der Waals surface area (Å²) in [6.07, 6.45) is 5.54. The molecule has 0 unspecified atom stereocenters. The lowest BCUT2D eigenvalue weighted by atomic mass is 9.80. The number of imide groups is 1. The smallest absolute Gasteiger partial charge is 0.315 e. The van der Waals surface area contributed by atoms with Gasteiger partial charge in [0, 0.05) is 39.1 Å². The Bertz CT molecular complexity index is 1350. The van der Waals surface area contributed by atoms with Gasteiger partial charge in [-0.1, -0.05) is 80.2 Å². The molecular formula is C39H64N6O8. The number of rotatable bonds is 9. The molecule has 14 nitrogen and oxygen atoms in total. The van der Waals surface area contributed by atoms with Gasteiger partial charge in [0.15, 0.2) is 0 Å². The van der Waals surface area contributed by atoms with Gasteiger partial charge in [0.2, 0.25) is 29.4 Å². The van der Waals surface area contributed by atoms with Gasteiger partial charge in [-0.15, -0.1) is 6.58 Å². The van der Waals surface area contributed by atoms with E-state index in [1.165, 1.54) is 15.9 Å². The van der Waals surface area contributed by atoms with Gasteiger partial charge in [0.1, 0.15) is 12.1 Å². The van der Waals surface area contributed by atoms with E-state index in [2.05, 4.69) is 27.8 Å². The predicted octanol–water partition coefficient (Wildman–Crippen LogP) is 3.23. The number of hydrogen-bond donors (Lipinski definition) is 4. The number of nitrogens with one attached hydrogen (secondary N) is 4. The first-order valence-corrected chi connectivity index (χ1v) is 19.3. The van der Waals surface area contributed by atoms with Gasteiger partial charge in [-0.05, 0) is 48.9 Å². The van der Waals surface area contributed by atoms with E-state index in [0.29, 0.717) is 25.9 Å². The highest BCUT2D eigenvalue weighted by Gasteiger charge is 2.46. The van der Waals surface area contributed by atoms with E-state index in [0.717, 1.165) is 19.3 Å². The van der Waals surface area contributed by atoms with Crippen LogP contribution in [-0.2, 0) is 33.5 Å². The van der Waals surface area contributed by atoms with Crippen LogP contribution in [0, 0.1) is 22.7 Å².